The molecule has 1 N–H and O–H groups in total. The fourth-order valence-corrected chi connectivity index (χ4v) is 2.20. The molecule has 20 heavy (non-hydrogen) atoms. The van der Waals surface area contributed by atoms with Gasteiger partial charge in [-0.2, -0.15) is 0 Å². The molecule has 0 unspecified atom stereocenters. The average molecular weight is 312 g/mol. The second-order valence-corrected chi connectivity index (χ2v) is 5.08. The minimum Gasteiger partial charge on any atom is -0.325 e. The van der Waals surface area contributed by atoms with Crippen molar-refractivity contribution in [2.45, 2.75) is 12.8 Å². The van der Waals surface area contributed by atoms with Crippen LogP contribution in [0.3, 0.4) is 0 Å². The number of anilines is 1. The fourth-order valence-electron chi connectivity index (χ4n) is 1.75. The number of carbonyl (C=O) groups is 1. The van der Waals surface area contributed by atoms with Gasteiger partial charge in [0.1, 0.15) is 5.82 Å². The quantitative estimate of drug-likeness (QED) is 0.871. The van der Waals surface area contributed by atoms with Crippen molar-refractivity contribution in [3.8, 4) is 0 Å². The molecule has 0 fully saturated rings. The van der Waals surface area contributed by atoms with Gasteiger partial charge in [-0.15, -0.1) is 0 Å². The SMILES string of the molecule is O=C(CCc1ccccc1Cl)Nc1ccc(F)cc1Cl. The number of hydrogen-bond acceptors (Lipinski definition) is 1. The molecule has 2 rings (SSSR count). The molecule has 0 aliphatic carbocycles. The van der Waals surface area contributed by atoms with Crippen molar-refractivity contribution in [1.82, 2.24) is 0 Å². The van der Waals surface area contributed by atoms with Gasteiger partial charge in [-0.3, -0.25) is 4.79 Å². The highest BCUT2D eigenvalue weighted by Gasteiger charge is 2.08. The third kappa shape index (κ3) is 3.95. The molecule has 0 heterocycles. The fraction of sp³-hybridized carbons (Fsp3) is 0.133. The van der Waals surface area contributed by atoms with Crippen molar-refractivity contribution in [3.05, 3.63) is 63.9 Å². The Balaban J connectivity index is 1.94. The molecule has 0 atom stereocenters. The van der Waals surface area contributed by atoms with Crippen molar-refractivity contribution in [1.29, 1.82) is 0 Å². The highest BCUT2D eigenvalue weighted by Crippen LogP contribution is 2.23. The van der Waals surface area contributed by atoms with Crippen molar-refractivity contribution >= 4 is 34.8 Å². The first-order chi connectivity index (χ1) is 9.56. The number of rotatable bonds is 4. The van der Waals surface area contributed by atoms with Gasteiger partial charge in [0, 0.05) is 11.4 Å². The molecule has 0 aliphatic rings. The highest BCUT2D eigenvalue weighted by molar-refractivity contribution is 6.33. The Labute approximate surface area is 126 Å². The van der Waals surface area contributed by atoms with Crippen LogP contribution >= 0.6 is 23.2 Å². The summed E-state index contributed by atoms with van der Waals surface area (Å²) in [6.45, 7) is 0. The zero-order chi connectivity index (χ0) is 14.5. The molecule has 2 aromatic carbocycles. The summed E-state index contributed by atoms with van der Waals surface area (Å²) in [6, 6.07) is 11.2. The standard InChI is InChI=1S/C15H12Cl2FNO/c16-12-4-2-1-3-10(12)5-8-15(20)19-14-7-6-11(18)9-13(14)17/h1-4,6-7,9H,5,8H2,(H,19,20). The minimum atomic E-state index is -0.441. The molecule has 0 saturated heterocycles. The Morgan fingerprint density at radius 2 is 1.85 bits per heavy atom. The third-order valence-electron chi connectivity index (χ3n) is 2.78. The number of nitrogens with one attached hydrogen (secondary N) is 1. The maximum absolute atomic E-state index is 12.9. The van der Waals surface area contributed by atoms with Gasteiger partial charge in [0.15, 0.2) is 0 Å². The molecule has 5 heteroatoms. The van der Waals surface area contributed by atoms with Crippen LogP contribution in [-0.4, -0.2) is 5.91 Å². The molecule has 104 valence electrons. The molecule has 0 spiro atoms. The van der Waals surface area contributed by atoms with E-state index in [0.29, 0.717) is 17.1 Å². The lowest BCUT2D eigenvalue weighted by atomic mass is 10.1. The molecule has 0 saturated carbocycles. The second-order valence-electron chi connectivity index (χ2n) is 4.26. The smallest absolute Gasteiger partial charge is 0.224 e. The predicted octanol–water partition coefficient (Wildman–Crippen LogP) is 4.70. The van der Waals surface area contributed by atoms with Crippen LogP contribution in [0.25, 0.3) is 0 Å². The first-order valence-electron chi connectivity index (χ1n) is 6.04. The van der Waals surface area contributed by atoms with E-state index in [9.17, 15) is 9.18 Å². The summed E-state index contributed by atoms with van der Waals surface area (Å²) in [5.74, 6) is -0.637. The van der Waals surface area contributed by atoms with Crippen molar-refractivity contribution in [2.24, 2.45) is 0 Å². The maximum atomic E-state index is 12.9. The first kappa shape index (κ1) is 14.8. The van der Waals surface area contributed by atoms with Gasteiger partial charge in [-0.1, -0.05) is 41.4 Å². The van der Waals surface area contributed by atoms with E-state index in [4.69, 9.17) is 23.2 Å². The largest absolute Gasteiger partial charge is 0.325 e. The van der Waals surface area contributed by atoms with E-state index < -0.39 is 5.82 Å². The molecule has 0 aliphatic heterocycles. The van der Waals surface area contributed by atoms with Crippen LogP contribution in [0.4, 0.5) is 10.1 Å². The Kier molecular flexibility index (Phi) is 4.99. The zero-order valence-electron chi connectivity index (χ0n) is 10.5. The van der Waals surface area contributed by atoms with Crippen molar-refractivity contribution in [3.63, 3.8) is 0 Å². The zero-order valence-corrected chi connectivity index (χ0v) is 12.0. The van der Waals surface area contributed by atoms with E-state index in [2.05, 4.69) is 5.32 Å². The van der Waals surface area contributed by atoms with Gasteiger partial charge in [0.05, 0.1) is 10.7 Å². The van der Waals surface area contributed by atoms with Gasteiger partial charge in [-0.25, -0.2) is 4.39 Å². The van der Waals surface area contributed by atoms with E-state index in [-0.39, 0.29) is 17.4 Å². The normalized spacial score (nSPS) is 10.3. The molecule has 0 bridgehead atoms. The molecular formula is C15H12Cl2FNO. The summed E-state index contributed by atoms with van der Waals surface area (Å²) in [7, 11) is 0. The van der Waals surface area contributed by atoms with Crippen molar-refractivity contribution in [2.75, 3.05) is 5.32 Å². The maximum Gasteiger partial charge on any atom is 0.224 e. The Morgan fingerprint density at radius 1 is 1.10 bits per heavy atom. The van der Waals surface area contributed by atoms with Crippen molar-refractivity contribution < 1.29 is 9.18 Å². The summed E-state index contributed by atoms with van der Waals surface area (Å²) < 4.78 is 12.9. The number of amides is 1. The van der Waals surface area contributed by atoms with Gasteiger partial charge in [0.2, 0.25) is 5.91 Å². The average Bonchev–Trinajstić information content (AvgIpc) is 2.41. The number of benzene rings is 2. The van der Waals surface area contributed by atoms with Crippen LogP contribution in [0.5, 0.6) is 0 Å². The lowest BCUT2D eigenvalue weighted by Gasteiger charge is -2.08. The Bertz CT molecular complexity index is 631. The van der Waals surface area contributed by atoms with Crippen LogP contribution in [0, 0.1) is 5.82 Å². The first-order valence-corrected chi connectivity index (χ1v) is 6.80. The van der Waals surface area contributed by atoms with Gasteiger partial charge < -0.3 is 5.32 Å². The monoisotopic (exact) mass is 311 g/mol. The molecule has 0 radical (unpaired) electrons. The highest BCUT2D eigenvalue weighted by atomic mass is 35.5. The third-order valence-corrected chi connectivity index (χ3v) is 3.47. The lowest BCUT2D eigenvalue weighted by molar-refractivity contribution is -0.116. The van der Waals surface area contributed by atoms with E-state index in [1.165, 1.54) is 12.1 Å². The summed E-state index contributed by atoms with van der Waals surface area (Å²) in [4.78, 5) is 11.8. The van der Waals surface area contributed by atoms with Crippen LogP contribution in [-0.2, 0) is 11.2 Å². The summed E-state index contributed by atoms with van der Waals surface area (Å²) in [5.41, 5.74) is 1.31. The Hall–Kier alpha value is -1.58. The van der Waals surface area contributed by atoms with Crippen LogP contribution in [0.1, 0.15) is 12.0 Å². The Morgan fingerprint density at radius 3 is 2.55 bits per heavy atom. The molecule has 2 aromatic rings. The summed E-state index contributed by atoms with van der Waals surface area (Å²) in [6.07, 6.45) is 0.807. The molecule has 0 aromatic heterocycles. The predicted molar refractivity (Wildman–Crippen MR) is 79.8 cm³/mol. The minimum absolute atomic E-state index is 0.177. The molecule has 1 amide bonds. The van der Waals surface area contributed by atoms with Gasteiger partial charge in [-0.05, 0) is 36.2 Å². The number of carbonyl (C=O) groups excluding carboxylic acids is 1. The van der Waals surface area contributed by atoms with E-state index in [1.54, 1.807) is 6.07 Å². The second kappa shape index (κ2) is 6.73. The van der Waals surface area contributed by atoms with Crippen LogP contribution in [0.15, 0.2) is 42.5 Å². The topological polar surface area (TPSA) is 29.1 Å². The molecule has 2 nitrogen and oxygen atoms in total. The summed E-state index contributed by atoms with van der Waals surface area (Å²) in [5, 5.41) is 3.46. The van der Waals surface area contributed by atoms with E-state index in [0.717, 1.165) is 11.6 Å². The van der Waals surface area contributed by atoms with Crippen LogP contribution < -0.4 is 5.32 Å². The van der Waals surface area contributed by atoms with Gasteiger partial charge in [0.25, 0.3) is 0 Å². The lowest BCUT2D eigenvalue weighted by Crippen LogP contribution is -2.12. The van der Waals surface area contributed by atoms with E-state index >= 15 is 0 Å². The number of halogens is 3. The number of aryl methyl sites for hydroxylation is 1. The van der Waals surface area contributed by atoms with Crippen LogP contribution in [0.2, 0.25) is 10.0 Å². The van der Waals surface area contributed by atoms with Gasteiger partial charge >= 0.3 is 0 Å². The molecular weight excluding hydrogens is 300 g/mol. The number of hydrogen-bond donors (Lipinski definition) is 1. The summed E-state index contributed by atoms with van der Waals surface area (Å²) >= 11 is 11.9. The van der Waals surface area contributed by atoms with E-state index in [1.807, 2.05) is 18.2 Å².